The average Bonchev–Trinajstić information content (AvgIpc) is 3.42. The van der Waals surface area contributed by atoms with Gasteiger partial charge in [-0.25, -0.2) is 4.98 Å². The summed E-state index contributed by atoms with van der Waals surface area (Å²) in [5.41, 5.74) is 0.727. The Balaban J connectivity index is 1.33. The first-order valence-corrected chi connectivity index (χ1v) is 11.8. The van der Waals surface area contributed by atoms with Gasteiger partial charge >= 0.3 is 0 Å². The van der Waals surface area contributed by atoms with Gasteiger partial charge in [-0.05, 0) is 43.7 Å². The number of aromatic nitrogens is 1. The van der Waals surface area contributed by atoms with Gasteiger partial charge in [0.25, 0.3) is 5.91 Å². The molecule has 4 rings (SSSR count). The highest BCUT2D eigenvalue weighted by molar-refractivity contribution is 7.99. The monoisotopic (exact) mass is 401 g/mol. The molecule has 3 fully saturated rings. The summed E-state index contributed by atoms with van der Waals surface area (Å²) >= 11 is 1.77. The zero-order chi connectivity index (χ0) is 19.3. The van der Waals surface area contributed by atoms with Crippen LogP contribution < -0.4 is 0 Å². The minimum atomic E-state index is 0.0662. The summed E-state index contributed by atoms with van der Waals surface area (Å²) in [4.78, 5) is 34.0. The van der Waals surface area contributed by atoms with Crippen molar-refractivity contribution >= 4 is 23.6 Å². The van der Waals surface area contributed by atoms with Gasteiger partial charge in [-0.15, -0.1) is 11.8 Å². The van der Waals surface area contributed by atoms with E-state index < -0.39 is 0 Å². The van der Waals surface area contributed by atoms with Gasteiger partial charge < -0.3 is 9.80 Å². The zero-order valence-corrected chi connectivity index (χ0v) is 17.5. The molecule has 5 nitrogen and oxygen atoms in total. The van der Waals surface area contributed by atoms with Crippen molar-refractivity contribution < 1.29 is 9.59 Å². The van der Waals surface area contributed by atoms with Crippen molar-refractivity contribution in [3.05, 3.63) is 23.9 Å². The summed E-state index contributed by atoms with van der Waals surface area (Å²) in [6, 6.07) is 3.76. The summed E-state index contributed by atoms with van der Waals surface area (Å²) in [6.45, 7) is 2.56. The van der Waals surface area contributed by atoms with E-state index in [0.717, 1.165) is 10.6 Å². The number of rotatable bonds is 5. The molecule has 2 amide bonds. The van der Waals surface area contributed by atoms with Crippen molar-refractivity contribution in [2.24, 2.45) is 5.92 Å². The smallest absolute Gasteiger partial charge is 0.256 e. The first kappa shape index (κ1) is 19.7. The second kappa shape index (κ2) is 9.29. The molecule has 1 aromatic heterocycles. The molecule has 6 heteroatoms. The fourth-order valence-electron chi connectivity index (χ4n) is 4.73. The van der Waals surface area contributed by atoms with Gasteiger partial charge in [0.2, 0.25) is 5.91 Å². The van der Waals surface area contributed by atoms with Crippen LogP contribution in [0.2, 0.25) is 0 Å². The first-order chi connectivity index (χ1) is 13.7. The number of nitrogens with zero attached hydrogens (tertiary/aromatic N) is 3. The van der Waals surface area contributed by atoms with E-state index in [4.69, 9.17) is 0 Å². The second-order valence-electron chi connectivity index (χ2n) is 8.41. The Morgan fingerprint density at radius 3 is 2.32 bits per heavy atom. The van der Waals surface area contributed by atoms with Crippen LogP contribution in [-0.4, -0.2) is 58.0 Å². The predicted octanol–water partition coefficient (Wildman–Crippen LogP) is 3.98. The molecule has 0 N–H and O–H groups in total. The molecular weight excluding hydrogens is 370 g/mol. The van der Waals surface area contributed by atoms with Crippen molar-refractivity contribution in [3.8, 4) is 0 Å². The van der Waals surface area contributed by atoms with Crippen molar-refractivity contribution in [2.75, 3.05) is 26.2 Å². The van der Waals surface area contributed by atoms with E-state index in [2.05, 4.69) is 4.98 Å². The Labute approximate surface area is 172 Å². The molecule has 0 bridgehead atoms. The fraction of sp³-hybridized carbons (Fsp3) is 0.682. The van der Waals surface area contributed by atoms with Crippen LogP contribution in [0.25, 0.3) is 0 Å². The van der Waals surface area contributed by atoms with Gasteiger partial charge in [-0.1, -0.05) is 25.7 Å². The maximum Gasteiger partial charge on any atom is 0.256 e. The summed E-state index contributed by atoms with van der Waals surface area (Å²) in [5, 5.41) is 1.46. The number of piperazine rings is 1. The lowest BCUT2D eigenvalue weighted by atomic mass is 10.0. The van der Waals surface area contributed by atoms with Crippen LogP contribution in [-0.2, 0) is 4.79 Å². The molecule has 0 atom stereocenters. The van der Waals surface area contributed by atoms with E-state index >= 15 is 0 Å². The van der Waals surface area contributed by atoms with Crippen LogP contribution >= 0.6 is 11.8 Å². The SMILES string of the molecule is O=C(CC1CCCC1)N1CCN(C(=O)c2cccnc2SC2CCCC2)CC1. The Bertz CT molecular complexity index is 691. The third-order valence-electron chi connectivity index (χ3n) is 6.44. The maximum absolute atomic E-state index is 13.1. The van der Waals surface area contributed by atoms with Gasteiger partial charge in [0.15, 0.2) is 0 Å². The Morgan fingerprint density at radius 2 is 1.61 bits per heavy atom. The van der Waals surface area contributed by atoms with Crippen molar-refractivity contribution in [1.82, 2.24) is 14.8 Å². The van der Waals surface area contributed by atoms with E-state index in [-0.39, 0.29) is 11.8 Å². The minimum absolute atomic E-state index is 0.0662. The molecule has 0 radical (unpaired) electrons. The number of pyridine rings is 1. The minimum Gasteiger partial charge on any atom is -0.339 e. The van der Waals surface area contributed by atoms with Gasteiger partial charge in [-0.3, -0.25) is 9.59 Å². The molecule has 0 unspecified atom stereocenters. The highest BCUT2D eigenvalue weighted by atomic mass is 32.2. The molecule has 3 aliphatic rings. The van der Waals surface area contributed by atoms with E-state index in [1.54, 1.807) is 18.0 Å². The third kappa shape index (κ3) is 4.70. The predicted molar refractivity (Wildman–Crippen MR) is 111 cm³/mol. The highest BCUT2D eigenvalue weighted by Crippen LogP contribution is 2.35. The normalized spacial score (nSPS) is 21.4. The van der Waals surface area contributed by atoms with Gasteiger partial charge in [0, 0.05) is 44.0 Å². The largest absolute Gasteiger partial charge is 0.339 e. The fourth-order valence-corrected chi connectivity index (χ4v) is 6.02. The molecule has 1 aromatic rings. The van der Waals surface area contributed by atoms with Crippen molar-refractivity contribution in [3.63, 3.8) is 0 Å². The van der Waals surface area contributed by atoms with Gasteiger partial charge in [0.1, 0.15) is 5.03 Å². The second-order valence-corrected chi connectivity index (χ2v) is 9.70. The van der Waals surface area contributed by atoms with E-state index in [9.17, 15) is 9.59 Å². The van der Waals surface area contributed by atoms with Crippen molar-refractivity contribution in [2.45, 2.75) is 68.1 Å². The zero-order valence-electron chi connectivity index (χ0n) is 16.6. The molecular formula is C22H31N3O2S. The van der Waals surface area contributed by atoms with E-state index in [1.165, 1.54) is 51.4 Å². The molecule has 2 aliphatic carbocycles. The molecule has 0 aromatic carbocycles. The standard InChI is InChI=1S/C22H31N3O2S/c26-20(16-17-6-1-2-7-17)24-12-14-25(15-13-24)22(27)19-10-5-11-23-21(19)28-18-8-3-4-9-18/h5,10-11,17-18H,1-4,6-9,12-16H2. The lowest BCUT2D eigenvalue weighted by molar-refractivity contribution is -0.133. The summed E-state index contributed by atoms with van der Waals surface area (Å²) in [6.07, 6.45) is 12.4. The summed E-state index contributed by atoms with van der Waals surface area (Å²) < 4.78 is 0. The first-order valence-electron chi connectivity index (χ1n) is 10.9. The lowest BCUT2D eigenvalue weighted by Gasteiger charge is -2.35. The quantitative estimate of drug-likeness (QED) is 0.749. The van der Waals surface area contributed by atoms with Crippen LogP contribution in [0, 0.1) is 5.92 Å². The number of carbonyl (C=O) groups excluding carboxylic acids is 2. The van der Waals surface area contributed by atoms with Crippen LogP contribution in [0.3, 0.4) is 0 Å². The Morgan fingerprint density at radius 1 is 0.964 bits per heavy atom. The van der Waals surface area contributed by atoms with E-state index in [0.29, 0.717) is 43.8 Å². The molecule has 2 heterocycles. The lowest BCUT2D eigenvalue weighted by Crippen LogP contribution is -2.50. The average molecular weight is 402 g/mol. The number of hydrogen-bond acceptors (Lipinski definition) is 4. The number of carbonyl (C=O) groups is 2. The molecule has 1 saturated heterocycles. The summed E-state index contributed by atoms with van der Waals surface area (Å²) in [7, 11) is 0. The Kier molecular flexibility index (Phi) is 6.55. The maximum atomic E-state index is 13.1. The molecule has 152 valence electrons. The topological polar surface area (TPSA) is 53.5 Å². The highest BCUT2D eigenvalue weighted by Gasteiger charge is 2.29. The van der Waals surface area contributed by atoms with Gasteiger partial charge in [-0.2, -0.15) is 0 Å². The number of amides is 2. The molecule has 0 spiro atoms. The van der Waals surface area contributed by atoms with Crippen LogP contribution in [0.5, 0.6) is 0 Å². The molecule has 2 saturated carbocycles. The van der Waals surface area contributed by atoms with Crippen LogP contribution in [0.1, 0.15) is 68.1 Å². The van der Waals surface area contributed by atoms with Crippen LogP contribution in [0.15, 0.2) is 23.4 Å². The molecule has 28 heavy (non-hydrogen) atoms. The molecule has 1 aliphatic heterocycles. The third-order valence-corrected chi connectivity index (χ3v) is 7.79. The van der Waals surface area contributed by atoms with Crippen LogP contribution in [0.4, 0.5) is 0 Å². The Hall–Kier alpha value is -1.56. The number of hydrogen-bond donors (Lipinski definition) is 0. The van der Waals surface area contributed by atoms with E-state index in [1.807, 2.05) is 21.9 Å². The van der Waals surface area contributed by atoms with Gasteiger partial charge in [0.05, 0.1) is 5.56 Å². The summed E-state index contributed by atoms with van der Waals surface area (Å²) in [5.74, 6) is 0.923. The van der Waals surface area contributed by atoms with Crippen molar-refractivity contribution in [1.29, 1.82) is 0 Å². The number of thioether (sulfide) groups is 1.